The molecule has 3 aliphatic heterocycles. The lowest BCUT2D eigenvalue weighted by molar-refractivity contribution is -0.118. The zero-order chi connectivity index (χ0) is 45.1. The van der Waals surface area contributed by atoms with E-state index in [4.69, 9.17) is 52.6 Å². The normalized spacial score (nSPS) is 17.1. The van der Waals surface area contributed by atoms with E-state index in [1.165, 1.54) is 0 Å². The third kappa shape index (κ3) is 10.6. The molecule has 2 unspecified atom stereocenters. The summed E-state index contributed by atoms with van der Waals surface area (Å²) in [7, 11) is 4.27. The highest BCUT2D eigenvalue weighted by Crippen LogP contribution is 2.31. The van der Waals surface area contributed by atoms with Crippen molar-refractivity contribution in [3.05, 3.63) is 105 Å². The molecule has 0 saturated carbocycles. The second-order valence-electron chi connectivity index (χ2n) is 17.1. The molecule has 0 aliphatic carbocycles. The Morgan fingerprint density at radius 3 is 1.70 bits per heavy atom. The lowest BCUT2D eigenvalue weighted by atomic mass is 10.0. The van der Waals surface area contributed by atoms with Crippen molar-refractivity contribution in [3.8, 4) is 11.5 Å². The zero-order valence-electron chi connectivity index (χ0n) is 37.0. The van der Waals surface area contributed by atoms with Crippen molar-refractivity contribution in [2.45, 2.75) is 65.1 Å². The number of fused-ring (bicyclic) bond motifs is 4. The van der Waals surface area contributed by atoms with Gasteiger partial charge in [0.1, 0.15) is 11.5 Å². The molecule has 0 spiro atoms. The Kier molecular flexibility index (Phi) is 13.7. The summed E-state index contributed by atoms with van der Waals surface area (Å²) < 4.78 is 11.1. The summed E-state index contributed by atoms with van der Waals surface area (Å²) in [6.45, 7) is 11.5. The monoisotopic (exact) mass is 904 g/mol. The number of hydrogen-bond acceptors (Lipinski definition) is 12. The Labute approximate surface area is 383 Å². The van der Waals surface area contributed by atoms with Crippen LogP contribution in [-0.4, -0.2) is 108 Å². The topological polar surface area (TPSA) is 150 Å². The fourth-order valence-electron chi connectivity index (χ4n) is 8.47. The number of aryl methyl sites for hydroxylation is 4. The number of nitrogens with zero attached hydrogens (tertiary/aromatic N) is 7. The van der Waals surface area contributed by atoms with Crippen LogP contribution in [0, 0.1) is 27.7 Å². The maximum Gasteiger partial charge on any atom is 0.262 e. The Balaban J connectivity index is 0.000000175. The number of anilines is 4. The quantitative estimate of drug-likeness (QED) is 0.116. The first-order valence-corrected chi connectivity index (χ1v) is 22.4. The Bertz CT molecular complexity index is 2690. The van der Waals surface area contributed by atoms with Gasteiger partial charge in [0, 0.05) is 66.5 Å². The molecule has 2 aromatic heterocycles. The van der Waals surface area contributed by atoms with Gasteiger partial charge in [-0.3, -0.25) is 9.59 Å². The Morgan fingerprint density at radius 2 is 1.23 bits per heavy atom. The first-order valence-electron chi connectivity index (χ1n) is 21.6. The van der Waals surface area contributed by atoms with Crippen molar-refractivity contribution in [1.82, 2.24) is 30.2 Å². The average molecular weight is 906 g/mol. The molecule has 2 bridgehead atoms. The number of aromatic nitrogens is 4. The van der Waals surface area contributed by atoms with Crippen LogP contribution in [-0.2, 0) is 9.59 Å². The van der Waals surface area contributed by atoms with Crippen LogP contribution in [0.5, 0.6) is 11.5 Å². The van der Waals surface area contributed by atoms with Gasteiger partial charge >= 0.3 is 0 Å². The molecule has 3 aliphatic rings. The van der Waals surface area contributed by atoms with Gasteiger partial charge in [0.25, 0.3) is 11.8 Å². The second kappa shape index (κ2) is 19.5. The second-order valence-corrected chi connectivity index (χ2v) is 17.9. The molecule has 64 heavy (non-hydrogen) atoms. The number of ether oxygens (including phenoxy) is 2. The summed E-state index contributed by atoms with van der Waals surface area (Å²) in [4.78, 5) is 50.7. The van der Waals surface area contributed by atoms with Crippen molar-refractivity contribution in [2.24, 2.45) is 0 Å². The largest absolute Gasteiger partial charge is 0.482 e. The minimum Gasteiger partial charge on any atom is -0.482 e. The number of piperidine rings is 1. The molecule has 4 aromatic carbocycles. The first-order chi connectivity index (χ1) is 30.8. The SMILES string of the molecule is Cc1ccc(OCC(=O)Nc2ccc3nc(N4CC5CC4CN5)nc(C)c3c2)c(Cl)c1.Cc1ccc(OCC(=O)Nc2ccc3nc(N4CCC(N(C)C)CC4)nc(C)c3c2)c(Cl)c1. The van der Waals surface area contributed by atoms with Gasteiger partial charge in [0.05, 0.1) is 32.5 Å². The van der Waals surface area contributed by atoms with Gasteiger partial charge in [-0.25, -0.2) is 19.9 Å². The molecule has 3 saturated heterocycles. The van der Waals surface area contributed by atoms with E-state index in [-0.39, 0.29) is 25.0 Å². The van der Waals surface area contributed by atoms with Crippen LogP contribution < -0.4 is 35.2 Å². The minimum absolute atomic E-state index is 0.124. The molecular weight excluding hydrogens is 851 g/mol. The fraction of sp³-hybridized carbons (Fsp3) is 0.375. The summed E-state index contributed by atoms with van der Waals surface area (Å²) in [5.74, 6) is 2.03. The predicted molar refractivity (Wildman–Crippen MR) is 256 cm³/mol. The number of benzene rings is 4. The molecule has 16 heteroatoms. The van der Waals surface area contributed by atoms with Gasteiger partial charge in [0.15, 0.2) is 13.2 Å². The van der Waals surface area contributed by atoms with E-state index < -0.39 is 0 Å². The highest BCUT2D eigenvalue weighted by molar-refractivity contribution is 6.32. The maximum atomic E-state index is 12.4. The van der Waals surface area contributed by atoms with Gasteiger partial charge in [-0.05, 0) is 133 Å². The highest BCUT2D eigenvalue weighted by Gasteiger charge is 2.39. The zero-order valence-corrected chi connectivity index (χ0v) is 38.6. The lowest BCUT2D eigenvalue weighted by Gasteiger charge is -2.35. The van der Waals surface area contributed by atoms with Gasteiger partial charge in [0.2, 0.25) is 11.9 Å². The van der Waals surface area contributed by atoms with Crippen LogP contribution in [0.1, 0.15) is 41.8 Å². The smallest absolute Gasteiger partial charge is 0.262 e. The molecule has 3 N–H and O–H groups in total. The van der Waals surface area contributed by atoms with Crippen molar-refractivity contribution in [2.75, 3.05) is 73.9 Å². The van der Waals surface area contributed by atoms with Crippen molar-refractivity contribution in [3.63, 3.8) is 0 Å². The van der Waals surface area contributed by atoms with E-state index in [1.54, 1.807) is 24.3 Å². The van der Waals surface area contributed by atoms with Crippen LogP contribution in [0.2, 0.25) is 10.0 Å². The summed E-state index contributed by atoms with van der Waals surface area (Å²) in [5.41, 5.74) is 6.96. The van der Waals surface area contributed by atoms with Crippen LogP contribution in [0.4, 0.5) is 23.3 Å². The summed E-state index contributed by atoms with van der Waals surface area (Å²) in [6.07, 6.45) is 3.36. The van der Waals surface area contributed by atoms with E-state index in [0.29, 0.717) is 51.0 Å². The molecule has 3 fully saturated rings. The fourth-order valence-corrected chi connectivity index (χ4v) is 9.05. The van der Waals surface area contributed by atoms with Crippen LogP contribution in [0.3, 0.4) is 0 Å². The van der Waals surface area contributed by atoms with Gasteiger partial charge in [-0.15, -0.1) is 0 Å². The van der Waals surface area contributed by atoms with Crippen LogP contribution >= 0.6 is 23.2 Å². The molecule has 2 amide bonds. The molecule has 14 nitrogen and oxygen atoms in total. The summed E-state index contributed by atoms with van der Waals surface area (Å²) in [6, 6.07) is 23.9. The molecule has 5 heterocycles. The number of rotatable bonds is 11. The Morgan fingerprint density at radius 1 is 0.719 bits per heavy atom. The molecule has 9 rings (SSSR count). The number of carbonyl (C=O) groups is 2. The van der Waals surface area contributed by atoms with Crippen molar-refractivity contribution < 1.29 is 19.1 Å². The van der Waals surface area contributed by atoms with Gasteiger partial charge in [-0.2, -0.15) is 0 Å². The van der Waals surface area contributed by atoms with Crippen molar-refractivity contribution in [1.29, 1.82) is 0 Å². The standard InChI is InChI=1S/C25H30ClN5O2.C23H24ClN5O2/c1-16-5-8-23(21(26)13-16)33-15-24(32)28-18-6-7-22-20(14-18)17(2)27-25(29-22)31-11-9-19(10-12-31)30(3)4;1-13-3-6-21(19(24)7-13)31-12-22(30)27-15-4-5-20-18(9-15)14(2)26-23(28-20)29-11-16-8-17(29)10-25-16/h5-8,13-14,19H,9-12,15H2,1-4H3,(H,28,32);3-7,9,16-17,25H,8,10-12H2,1-2H3,(H,27,30). The number of halogens is 2. The predicted octanol–water partition coefficient (Wildman–Crippen LogP) is 7.92. The molecule has 334 valence electrons. The average Bonchev–Trinajstić information content (AvgIpc) is 3.91. The molecular formula is C48H54Cl2N10O4. The minimum atomic E-state index is -0.259. The molecule has 6 aromatic rings. The lowest BCUT2D eigenvalue weighted by Crippen LogP contribution is -2.44. The van der Waals surface area contributed by atoms with E-state index in [9.17, 15) is 9.59 Å². The van der Waals surface area contributed by atoms with E-state index in [2.05, 4.69) is 44.7 Å². The Hall–Kier alpha value is -5.80. The van der Waals surface area contributed by atoms with E-state index >= 15 is 0 Å². The van der Waals surface area contributed by atoms with E-state index in [1.807, 2.05) is 76.2 Å². The number of carbonyl (C=O) groups excluding carboxylic acids is 2. The third-order valence-corrected chi connectivity index (χ3v) is 12.6. The maximum absolute atomic E-state index is 12.4. The first kappa shape index (κ1) is 44.8. The third-order valence-electron chi connectivity index (χ3n) is 12.0. The van der Waals surface area contributed by atoms with Gasteiger partial charge < -0.3 is 40.1 Å². The number of amides is 2. The number of nitrogens with one attached hydrogen (secondary N) is 3. The van der Waals surface area contributed by atoms with E-state index in [0.717, 1.165) is 102 Å². The number of hydrogen-bond donors (Lipinski definition) is 3. The van der Waals surface area contributed by atoms with Crippen molar-refractivity contribution >= 4 is 80.1 Å². The highest BCUT2D eigenvalue weighted by atomic mass is 35.5. The van der Waals surface area contributed by atoms with Crippen LogP contribution in [0.25, 0.3) is 21.8 Å². The van der Waals surface area contributed by atoms with Gasteiger partial charge in [-0.1, -0.05) is 35.3 Å². The summed E-state index contributed by atoms with van der Waals surface area (Å²) in [5, 5.41) is 12.1. The van der Waals surface area contributed by atoms with Crippen LogP contribution in [0.15, 0.2) is 72.8 Å². The summed E-state index contributed by atoms with van der Waals surface area (Å²) >= 11 is 12.3. The molecule has 0 radical (unpaired) electrons. The molecule has 2 atom stereocenters. The number of piperazine rings is 1.